The second-order valence-electron chi connectivity index (χ2n) is 7.40. The first-order chi connectivity index (χ1) is 15.3. The molecule has 0 radical (unpaired) electrons. The van der Waals surface area contributed by atoms with E-state index in [-0.39, 0.29) is 18.6 Å². The van der Waals surface area contributed by atoms with Crippen LogP contribution in [0.3, 0.4) is 0 Å². The molecular formula is C22H29ClN4O5. The van der Waals surface area contributed by atoms with Gasteiger partial charge in [0.05, 0.1) is 26.4 Å². The number of hydrogen-bond donors (Lipinski definition) is 1. The van der Waals surface area contributed by atoms with Gasteiger partial charge in [-0.15, -0.1) is 0 Å². The van der Waals surface area contributed by atoms with Crippen molar-refractivity contribution in [2.75, 3.05) is 44.1 Å². The van der Waals surface area contributed by atoms with E-state index in [1.165, 1.54) is 7.11 Å². The summed E-state index contributed by atoms with van der Waals surface area (Å²) in [5.41, 5.74) is 7.46. The van der Waals surface area contributed by atoms with Crippen LogP contribution < -0.4 is 20.1 Å². The van der Waals surface area contributed by atoms with Crippen LogP contribution in [0.25, 0.3) is 0 Å². The van der Waals surface area contributed by atoms with E-state index in [9.17, 15) is 4.79 Å². The van der Waals surface area contributed by atoms with Gasteiger partial charge in [-0.2, -0.15) is 4.98 Å². The SMILES string of the molecule is CCOC(=O)[C@H](C)Oc1cc(Cl)c([C@@H]2COCCCN2c2cc(C)nc(N)n2)cc1OC. The van der Waals surface area contributed by atoms with Crippen LogP contribution in [0.15, 0.2) is 18.2 Å². The minimum atomic E-state index is -0.810. The number of anilines is 2. The Balaban J connectivity index is 1.97. The van der Waals surface area contributed by atoms with Crippen molar-refractivity contribution in [2.24, 2.45) is 0 Å². The number of hydrogen-bond acceptors (Lipinski definition) is 9. The Hall–Kier alpha value is -2.78. The average Bonchev–Trinajstić information content (AvgIpc) is 2.99. The maximum Gasteiger partial charge on any atom is 0.347 e. The summed E-state index contributed by atoms with van der Waals surface area (Å²) in [5.74, 6) is 1.25. The largest absolute Gasteiger partial charge is 0.493 e. The first-order valence-corrected chi connectivity index (χ1v) is 10.9. The normalized spacial score (nSPS) is 17.4. The molecule has 2 N–H and O–H groups in total. The zero-order valence-electron chi connectivity index (χ0n) is 18.8. The number of nitrogens with zero attached hydrogens (tertiary/aromatic N) is 3. The van der Waals surface area contributed by atoms with Gasteiger partial charge in [-0.3, -0.25) is 0 Å². The first kappa shape index (κ1) is 23.9. The second kappa shape index (κ2) is 10.7. The van der Waals surface area contributed by atoms with Crippen LogP contribution in [0.1, 0.15) is 37.6 Å². The smallest absolute Gasteiger partial charge is 0.347 e. The van der Waals surface area contributed by atoms with Crippen molar-refractivity contribution in [1.82, 2.24) is 9.97 Å². The van der Waals surface area contributed by atoms with E-state index in [1.54, 1.807) is 26.0 Å². The van der Waals surface area contributed by atoms with Gasteiger partial charge in [0.25, 0.3) is 0 Å². The van der Waals surface area contributed by atoms with Gasteiger partial charge in [0.1, 0.15) is 5.82 Å². The van der Waals surface area contributed by atoms with Crippen molar-refractivity contribution in [3.05, 3.63) is 34.5 Å². The lowest BCUT2D eigenvalue weighted by molar-refractivity contribution is -0.150. The molecule has 0 unspecified atom stereocenters. The van der Waals surface area contributed by atoms with E-state index in [4.69, 9.17) is 36.3 Å². The monoisotopic (exact) mass is 464 g/mol. The van der Waals surface area contributed by atoms with Gasteiger partial charge in [0.15, 0.2) is 17.6 Å². The zero-order valence-corrected chi connectivity index (χ0v) is 19.5. The number of methoxy groups -OCH3 is 1. The molecule has 2 heterocycles. The van der Waals surface area contributed by atoms with Gasteiger partial charge < -0.3 is 29.6 Å². The molecule has 2 atom stereocenters. The molecule has 10 heteroatoms. The summed E-state index contributed by atoms with van der Waals surface area (Å²) in [7, 11) is 1.53. The van der Waals surface area contributed by atoms with Gasteiger partial charge in [0, 0.05) is 36.0 Å². The highest BCUT2D eigenvalue weighted by Gasteiger charge is 2.29. The van der Waals surface area contributed by atoms with Crippen LogP contribution in [0.4, 0.5) is 11.8 Å². The molecule has 0 bridgehead atoms. The lowest BCUT2D eigenvalue weighted by atomic mass is 10.0. The highest BCUT2D eigenvalue weighted by molar-refractivity contribution is 6.31. The summed E-state index contributed by atoms with van der Waals surface area (Å²) >= 11 is 6.69. The predicted octanol–water partition coefficient (Wildman–Crippen LogP) is 3.33. The number of carbonyl (C=O) groups excluding carboxylic acids is 1. The van der Waals surface area contributed by atoms with E-state index < -0.39 is 12.1 Å². The topological polar surface area (TPSA) is 109 Å². The number of ether oxygens (including phenoxy) is 4. The Morgan fingerprint density at radius 2 is 2.12 bits per heavy atom. The third-order valence-corrected chi connectivity index (χ3v) is 5.38. The number of carbonyl (C=O) groups is 1. The fourth-order valence-electron chi connectivity index (χ4n) is 3.59. The van der Waals surface area contributed by atoms with E-state index >= 15 is 0 Å². The first-order valence-electron chi connectivity index (χ1n) is 10.5. The standard InChI is InChI=1S/C22H29ClN4O5/c1-5-31-21(28)14(3)32-19-11-16(23)15(10-18(19)29-4)17-12-30-8-6-7-27(17)20-9-13(2)25-22(24)26-20/h9-11,14,17H,5-8,12H2,1-4H3,(H2,24,25,26)/t14-,17-/m0/s1. The summed E-state index contributed by atoms with van der Waals surface area (Å²) in [6.07, 6.45) is 0.0161. The van der Waals surface area contributed by atoms with E-state index in [0.717, 1.165) is 17.7 Å². The van der Waals surface area contributed by atoms with Crippen molar-refractivity contribution in [3.8, 4) is 11.5 Å². The maximum absolute atomic E-state index is 12.0. The van der Waals surface area contributed by atoms with E-state index in [2.05, 4.69) is 14.9 Å². The van der Waals surface area contributed by atoms with Gasteiger partial charge in [-0.25, -0.2) is 9.78 Å². The Morgan fingerprint density at radius 3 is 2.81 bits per heavy atom. The van der Waals surface area contributed by atoms with E-state index in [0.29, 0.717) is 42.1 Å². The molecule has 32 heavy (non-hydrogen) atoms. The summed E-state index contributed by atoms with van der Waals surface area (Å²) in [5, 5.41) is 0.455. The number of aromatic nitrogens is 2. The minimum absolute atomic E-state index is 0.212. The Kier molecular flexibility index (Phi) is 7.98. The number of nitrogen functional groups attached to an aromatic ring is 1. The molecule has 0 aliphatic carbocycles. The number of rotatable bonds is 7. The van der Waals surface area contributed by atoms with Crippen LogP contribution in [-0.4, -0.2) is 55.5 Å². The third-order valence-electron chi connectivity index (χ3n) is 5.06. The quantitative estimate of drug-likeness (QED) is 0.617. The Morgan fingerprint density at radius 1 is 1.34 bits per heavy atom. The third kappa shape index (κ3) is 5.52. The maximum atomic E-state index is 12.0. The van der Waals surface area contributed by atoms with Crippen molar-refractivity contribution in [1.29, 1.82) is 0 Å². The molecular weight excluding hydrogens is 436 g/mol. The van der Waals surface area contributed by atoms with Crippen LogP contribution in [-0.2, 0) is 14.3 Å². The summed E-state index contributed by atoms with van der Waals surface area (Å²) in [6.45, 7) is 7.24. The van der Waals surface area contributed by atoms with Crippen molar-refractivity contribution >= 4 is 29.3 Å². The summed E-state index contributed by atoms with van der Waals surface area (Å²) in [4.78, 5) is 22.7. The minimum Gasteiger partial charge on any atom is -0.493 e. The molecule has 9 nitrogen and oxygen atoms in total. The molecule has 0 saturated carbocycles. The highest BCUT2D eigenvalue weighted by Crippen LogP contribution is 2.40. The zero-order chi connectivity index (χ0) is 23.3. The molecule has 174 valence electrons. The number of halogens is 1. The van der Waals surface area contributed by atoms with Gasteiger partial charge in [0.2, 0.25) is 5.95 Å². The Labute approximate surface area is 192 Å². The lowest BCUT2D eigenvalue weighted by Crippen LogP contribution is -2.32. The fourth-order valence-corrected chi connectivity index (χ4v) is 3.87. The van der Waals surface area contributed by atoms with Crippen LogP contribution in [0.2, 0.25) is 5.02 Å². The second-order valence-corrected chi connectivity index (χ2v) is 7.81. The molecule has 1 aromatic carbocycles. The summed E-state index contributed by atoms with van der Waals surface area (Å²) in [6, 6.07) is 5.11. The van der Waals surface area contributed by atoms with Crippen LogP contribution in [0, 0.1) is 6.92 Å². The molecule has 0 spiro atoms. The van der Waals surface area contributed by atoms with Gasteiger partial charge in [-0.1, -0.05) is 11.6 Å². The number of aryl methyl sites for hydroxylation is 1. The van der Waals surface area contributed by atoms with Crippen molar-refractivity contribution in [2.45, 2.75) is 39.3 Å². The van der Waals surface area contributed by atoms with Crippen LogP contribution in [0.5, 0.6) is 11.5 Å². The average molecular weight is 465 g/mol. The molecule has 2 aromatic rings. The number of benzene rings is 1. The van der Waals surface area contributed by atoms with Crippen LogP contribution >= 0.6 is 11.6 Å². The molecule has 1 saturated heterocycles. The fraction of sp³-hybridized carbons (Fsp3) is 0.500. The molecule has 3 rings (SSSR count). The number of nitrogens with two attached hydrogens (primary N) is 1. The molecule has 1 aliphatic rings. The lowest BCUT2D eigenvalue weighted by Gasteiger charge is -2.32. The summed E-state index contributed by atoms with van der Waals surface area (Å²) < 4.78 is 22.2. The van der Waals surface area contributed by atoms with E-state index in [1.807, 2.05) is 13.0 Å². The van der Waals surface area contributed by atoms with Gasteiger partial charge >= 0.3 is 5.97 Å². The van der Waals surface area contributed by atoms with Gasteiger partial charge in [-0.05, 0) is 38.8 Å². The predicted molar refractivity (Wildman–Crippen MR) is 121 cm³/mol. The molecule has 1 aromatic heterocycles. The Bertz CT molecular complexity index is 938. The molecule has 1 aliphatic heterocycles. The number of esters is 1. The van der Waals surface area contributed by atoms with Crippen molar-refractivity contribution in [3.63, 3.8) is 0 Å². The highest BCUT2D eigenvalue weighted by atomic mass is 35.5. The molecule has 1 fully saturated rings. The molecule has 0 amide bonds. The van der Waals surface area contributed by atoms with Crippen molar-refractivity contribution < 1.29 is 23.7 Å².